The first-order chi connectivity index (χ1) is 7.34. The number of rotatable bonds is 4. The quantitative estimate of drug-likeness (QED) is 0.772. The minimum Gasteiger partial charge on any atom is -0.383 e. The number of hydrogen-bond acceptors (Lipinski definition) is 3. The molecule has 7 heteroatoms. The molecule has 1 atom stereocenters. The molecule has 0 saturated carbocycles. The van der Waals surface area contributed by atoms with Crippen LogP contribution in [0.25, 0.3) is 0 Å². The molecule has 0 bridgehead atoms. The van der Waals surface area contributed by atoms with E-state index in [4.69, 9.17) is 4.74 Å². The van der Waals surface area contributed by atoms with Gasteiger partial charge in [0.05, 0.1) is 6.61 Å². The van der Waals surface area contributed by atoms with Crippen LogP contribution in [0.2, 0.25) is 0 Å². The minimum absolute atomic E-state index is 0.0677. The Hall–Kier alpha value is -0.820. The maximum atomic E-state index is 12.0. The van der Waals surface area contributed by atoms with Gasteiger partial charge in [-0.05, 0) is 6.92 Å². The standard InChI is InChI=1S/C9H15F3N2O2/c1-6(5-16-2)13-7-3-14(4-7)8(15)9(10,11)12/h6-7,13H,3-5H2,1-2H3. The van der Waals surface area contributed by atoms with Crippen molar-refractivity contribution >= 4 is 5.91 Å². The number of alkyl halides is 3. The third-order valence-electron chi connectivity index (χ3n) is 2.35. The Labute approximate surface area is 91.7 Å². The highest BCUT2D eigenvalue weighted by molar-refractivity contribution is 5.82. The monoisotopic (exact) mass is 240 g/mol. The third kappa shape index (κ3) is 3.34. The molecule has 0 aromatic carbocycles. The predicted octanol–water partition coefficient (Wildman–Crippen LogP) is 0.384. The lowest BCUT2D eigenvalue weighted by Gasteiger charge is -2.41. The van der Waals surface area contributed by atoms with Crippen LogP contribution >= 0.6 is 0 Å². The molecular formula is C9H15F3N2O2. The van der Waals surface area contributed by atoms with Gasteiger partial charge in [-0.25, -0.2) is 0 Å². The lowest BCUT2D eigenvalue weighted by Crippen LogP contribution is -2.63. The van der Waals surface area contributed by atoms with Gasteiger partial charge in [-0.1, -0.05) is 0 Å². The van der Waals surface area contributed by atoms with Crippen molar-refractivity contribution in [3.8, 4) is 0 Å². The predicted molar refractivity (Wildman–Crippen MR) is 50.9 cm³/mol. The van der Waals surface area contributed by atoms with Crippen LogP contribution in [-0.2, 0) is 9.53 Å². The molecular weight excluding hydrogens is 225 g/mol. The van der Waals surface area contributed by atoms with Gasteiger partial charge in [-0.15, -0.1) is 0 Å². The number of carbonyl (C=O) groups is 1. The number of likely N-dealkylation sites (tertiary alicyclic amines) is 1. The molecule has 1 N–H and O–H groups in total. The van der Waals surface area contributed by atoms with E-state index in [1.165, 1.54) is 0 Å². The summed E-state index contributed by atoms with van der Waals surface area (Å²) in [6.45, 7) is 2.57. The van der Waals surface area contributed by atoms with Gasteiger partial charge in [0.1, 0.15) is 0 Å². The van der Waals surface area contributed by atoms with Crippen LogP contribution in [0, 0.1) is 0 Å². The molecule has 1 heterocycles. The zero-order valence-electron chi connectivity index (χ0n) is 9.17. The lowest BCUT2D eigenvalue weighted by atomic mass is 10.1. The largest absolute Gasteiger partial charge is 0.471 e. The van der Waals surface area contributed by atoms with E-state index < -0.39 is 12.1 Å². The fourth-order valence-electron chi connectivity index (χ4n) is 1.63. The molecule has 1 aliphatic rings. The molecule has 0 radical (unpaired) electrons. The molecule has 1 unspecified atom stereocenters. The number of amides is 1. The second kappa shape index (κ2) is 5.01. The lowest BCUT2D eigenvalue weighted by molar-refractivity contribution is -0.190. The molecule has 0 aromatic rings. The van der Waals surface area contributed by atoms with Crippen molar-refractivity contribution in [2.75, 3.05) is 26.8 Å². The molecule has 1 saturated heterocycles. The number of methoxy groups -OCH3 is 1. The molecule has 1 amide bonds. The van der Waals surface area contributed by atoms with E-state index in [1.807, 2.05) is 6.92 Å². The van der Waals surface area contributed by atoms with Gasteiger partial charge in [-0.3, -0.25) is 4.79 Å². The van der Waals surface area contributed by atoms with Gasteiger partial charge >= 0.3 is 12.1 Å². The minimum atomic E-state index is -4.76. The molecule has 1 fully saturated rings. The smallest absolute Gasteiger partial charge is 0.383 e. The van der Waals surface area contributed by atoms with Crippen LogP contribution in [0.1, 0.15) is 6.92 Å². The van der Waals surface area contributed by atoms with Crippen LogP contribution in [0.15, 0.2) is 0 Å². The number of hydrogen-bond donors (Lipinski definition) is 1. The molecule has 1 aliphatic heterocycles. The van der Waals surface area contributed by atoms with Crippen LogP contribution in [0.3, 0.4) is 0 Å². The Kier molecular flexibility index (Phi) is 4.15. The van der Waals surface area contributed by atoms with E-state index in [2.05, 4.69) is 5.32 Å². The molecule has 16 heavy (non-hydrogen) atoms. The van der Waals surface area contributed by atoms with Crippen molar-refractivity contribution in [3.05, 3.63) is 0 Å². The Morgan fingerprint density at radius 1 is 1.56 bits per heavy atom. The van der Waals surface area contributed by atoms with E-state index in [1.54, 1.807) is 7.11 Å². The summed E-state index contributed by atoms with van der Waals surface area (Å²) in [7, 11) is 1.55. The average molecular weight is 240 g/mol. The third-order valence-corrected chi connectivity index (χ3v) is 2.35. The van der Waals surface area contributed by atoms with Crippen LogP contribution in [0.5, 0.6) is 0 Å². The van der Waals surface area contributed by atoms with Gasteiger partial charge in [0.2, 0.25) is 0 Å². The zero-order chi connectivity index (χ0) is 12.3. The maximum Gasteiger partial charge on any atom is 0.471 e. The highest BCUT2D eigenvalue weighted by Gasteiger charge is 2.46. The topological polar surface area (TPSA) is 41.6 Å². The Morgan fingerprint density at radius 2 is 2.12 bits per heavy atom. The van der Waals surface area contributed by atoms with E-state index in [-0.39, 0.29) is 25.2 Å². The van der Waals surface area contributed by atoms with Crippen LogP contribution < -0.4 is 5.32 Å². The van der Waals surface area contributed by atoms with Crippen molar-refractivity contribution in [2.24, 2.45) is 0 Å². The maximum absolute atomic E-state index is 12.0. The van der Waals surface area contributed by atoms with Crippen LogP contribution in [0.4, 0.5) is 13.2 Å². The van der Waals surface area contributed by atoms with Crippen LogP contribution in [-0.4, -0.2) is 55.9 Å². The first-order valence-electron chi connectivity index (χ1n) is 4.95. The Bertz CT molecular complexity index is 252. The van der Waals surface area contributed by atoms with E-state index in [0.717, 1.165) is 4.90 Å². The van der Waals surface area contributed by atoms with Crippen molar-refractivity contribution in [3.63, 3.8) is 0 Å². The normalized spacial score (nSPS) is 19.4. The average Bonchev–Trinajstić information content (AvgIpc) is 2.08. The highest BCUT2D eigenvalue weighted by atomic mass is 19.4. The molecule has 1 rings (SSSR count). The highest BCUT2D eigenvalue weighted by Crippen LogP contribution is 2.22. The summed E-state index contributed by atoms with van der Waals surface area (Å²) < 4.78 is 40.9. The summed E-state index contributed by atoms with van der Waals surface area (Å²) in [6, 6.07) is -0.00501. The molecule has 4 nitrogen and oxygen atoms in total. The summed E-state index contributed by atoms with van der Waals surface area (Å²) in [5.41, 5.74) is 0. The van der Waals surface area contributed by atoms with Gasteiger partial charge in [0.15, 0.2) is 0 Å². The van der Waals surface area contributed by atoms with Gasteiger partial charge in [0.25, 0.3) is 0 Å². The molecule has 0 spiro atoms. The van der Waals surface area contributed by atoms with Crippen molar-refractivity contribution in [2.45, 2.75) is 25.2 Å². The summed E-state index contributed by atoms with van der Waals surface area (Å²) in [6.07, 6.45) is -4.76. The summed E-state index contributed by atoms with van der Waals surface area (Å²) >= 11 is 0. The van der Waals surface area contributed by atoms with Crippen molar-refractivity contribution in [1.29, 1.82) is 0 Å². The molecule has 0 aromatic heterocycles. The number of ether oxygens (including phenoxy) is 1. The fraction of sp³-hybridized carbons (Fsp3) is 0.889. The number of halogens is 3. The Morgan fingerprint density at radius 3 is 2.56 bits per heavy atom. The molecule has 94 valence electrons. The SMILES string of the molecule is COCC(C)NC1CN(C(=O)C(F)(F)F)C1. The number of nitrogens with zero attached hydrogens (tertiary/aromatic N) is 1. The first-order valence-corrected chi connectivity index (χ1v) is 4.95. The summed E-state index contributed by atoms with van der Waals surface area (Å²) in [5.74, 6) is -1.76. The zero-order valence-corrected chi connectivity index (χ0v) is 9.17. The first kappa shape index (κ1) is 13.2. The van der Waals surface area contributed by atoms with E-state index in [9.17, 15) is 18.0 Å². The Balaban J connectivity index is 2.25. The van der Waals surface area contributed by atoms with E-state index in [0.29, 0.717) is 6.61 Å². The second-order valence-electron chi connectivity index (χ2n) is 3.93. The number of nitrogens with one attached hydrogen (secondary N) is 1. The van der Waals surface area contributed by atoms with Crippen molar-refractivity contribution in [1.82, 2.24) is 10.2 Å². The van der Waals surface area contributed by atoms with Crippen molar-refractivity contribution < 1.29 is 22.7 Å². The fourth-order valence-corrected chi connectivity index (χ4v) is 1.63. The second-order valence-corrected chi connectivity index (χ2v) is 3.93. The van der Waals surface area contributed by atoms with Gasteiger partial charge in [0, 0.05) is 32.3 Å². The van der Waals surface area contributed by atoms with Gasteiger partial charge in [-0.2, -0.15) is 13.2 Å². The van der Waals surface area contributed by atoms with E-state index >= 15 is 0 Å². The van der Waals surface area contributed by atoms with Gasteiger partial charge < -0.3 is 15.0 Å². The summed E-state index contributed by atoms with van der Waals surface area (Å²) in [5, 5.41) is 3.07. The number of carbonyl (C=O) groups excluding carboxylic acids is 1. The summed E-state index contributed by atoms with van der Waals surface area (Å²) in [4.78, 5) is 11.5. The molecule has 0 aliphatic carbocycles.